The molecule has 1 aromatic heterocycles. The molecule has 6 nitrogen and oxygen atoms in total. The summed E-state index contributed by atoms with van der Waals surface area (Å²) in [6.07, 6.45) is 20.6. The minimum absolute atomic E-state index is 0.0825. The Morgan fingerprint density at radius 3 is 2.54 bits per heavy atom. The van der Waals surface area contributed by atoms with Gasteiger partial charge < -0.3 is 10.4 Å². The van der Waals surface area contributed by atoms with E-state index in [4.69, 9.17) is 4.99 Å². The number of unbranched alkanes of at least 4 members (excludes halogenated alkanes) is 4. The maximum atomic E-state index is 14.3. The maximum Gasteiger partial charge on any atom is 0.128 e. The Kier molecular flexibility index (Phi) is 12.2. The van der Waals surface area contributed by atoms with Gasteiger partial charge in [0.25, 0.3) is 0 Å². The predicted octanol–water partition coefficient (Wildman–Crippen LogP) is 7.02. The number of aromatic nitrogens is 2. The number of hydrogen-bond donors (Lipinski definition) is 2. The maximum absolute atomic E-state index is 14.3. The molecular formula is C34H46FN5O. The van der Waals surface area contributed by atoms with Crippen molar-refractivity contribution in [1.82, 2.24) is 15.3 Å². The van der Waals surface area contributed by atoms with Crippen LogP contribution >= 0.6 is 0 Å². The lowest BCUT2D eigenvalue weighted by Crippen LogP contribution is -2.37. The lowest BCUT2D eigenvalue weighted by Gasteiger charge is -2.33. The third kappa shape index (κ3) is 9.42. The number of aliphatic imine (C=N–C) groups is 2. The number of nitrogens with zero attached hydrogens (tertiary/aromatic N) is 4. The first-order valence-electron chi connectivity index (χ1n) is 15.4. The summed E-state index contributed by atoms with van der Waals surface area (Å²) in [4.78, 5) is 17.7. The number of aryl methyl sites for hydroxylation is 1. The van der Waals surface area contributed by atoms with Crippen molar-refractivity contribution >= 4 is 11.9 Å². The zero-order chi connectivity index (χ0) is 28.9. The fraction of sp³-hybridized carbons (Fsp3) is 0.529. The van der Waals surface area contributed by atoms with Gasteiger partial charge in [-0.15, -0.1) is 0 Å². The fourth-order valence-electron chi connectivity index (χ4n) is 5.72. The van der Waals surface area contributed by atoms with Crippen molar-refractivity contribution < 1.29 is 9.50 Å². The zero-order valence-electron chi connectivity index (χ0n) is 24.7. The Bertz CT molecular complexity index is 1220. The van der Waals surface area contributed by atoms with Gasteiger partial charge in [0.05, 0.1) is 19.0 Å². The van der Waals surface area contributed by atoms with Crippen molar-refractivity contribution in [3.63, 3.8) is 0 Å². The number of aliphatic hydroxyl groups is 1. The van der Waals surface area contributed by atoms with Crippen LogP contribution in [0, 0.1) is 23.6 Å². The van der Waals surface area contributed by atoms with Gasteiger partial charge in [0, 0.05) is 47.9 Å². The average molecular weight is 560 g/mol. The molecule has 1 unspecified atom stereocenters. The second kappa shape index (κ2) is 16.3. The van der Waals surface area contributed by atoms with Crippen LogP contribution in [-0.2, 0) is 13.0 Å². The van der Waals surface area contributed by atoms with E-state index in [1.165, 1.54) is 55.0 Å². The molecular weight excluding hydrogens is 513 g/mol. The molecule has 2 aliphatic rings. The molecule has 0 radical (unpaired) electrons. The van der Waals surface area contributed by atoms with E-state index >= 15 is 0 Å². The molecule has 2 aliphatic heterocycles. The number of aliphatic hydroxyl groups excluding tert-OH is 1. The van der Waals surface area contributed by atoms with E-state index in [1.54, 1.807) is 18.5 Å². The molecule has 0 spiro atoms. The lowest BCUT2D eigenvalue weighted by molar-refractivity contribution is 0.205. The van der Waals surface area contributed by atoms with Crippen LogP contribution in [0.4, 0.5) is 4.39 Å². The number of dihydropyridines is 1. The SMILES string of the molecule is CC(C)C1=C2NC(CCC[C@@H](CO)CCCCCCCc3cncnc3)=CC(=NCc3ccccc3F)C2CN=C1. The van der Waals surface area contributed by atoms with Crippen LogP contribution < -0.4 is 5.32 Å². The molecule has 3 heterocycles. The summed E-state index contributed by atoms with van der Waals surface area (Å²) in [5.74, 6) is 0.559. The zero-order valence-corrected chi connectivity index (χ0v) is 24.7. The van der Waals surface area contributed by atoms with Crippen LogP contribution in [0.1, 0.15) is 82.8 Å². The topological polar surface area (TPSA) is 82.8 Å². The molecule has 0 saturated heterocycles. The second-order valence-corrected chi connectivity index (χ2v) is 11.7. The Morgan fingerprint density at radius 1 is 1.00 bits per heavy atom. The minimum atomic E-state index is -0.215. The van der Waals surface area contributed by atoms with E-state index in [0.717, 1.165) is 43.5 Å². The molecule has 0 saturated carbocycles. The first-order valence-corrected chi connectivity index (χ1v) is 15.4. The van der Waals surface area contributed by atoms with Gasteiger partial charge in [-0.25, -0.2) is 14.4 Å². The molecule has 220 valence electrons. The van der Waals surface area contributed by atoms with E-state index in [1.807, 2.05) is 24.7 Å². The largest absolute Gasteiger partial charge is 0.396 e. The highest BCUT2D eigenvalue weighted by molar-refractivity contribution is 6.02. The Hall–Kier alpha value is -3.19. The first-order chi connectivity index (χ1) is 20.0. The van der Waals surface area contributed by atoms with E-state index in [9.17, 15) is 9.50 Å². The highest BCUT2D eigenvalue weighted by Gasteiger charge is 2.30. The molecule has 2 N–H and O–H groups in total. The summed E-state index contributed by atoms with van der Waals surface area (Å²) in [5.41, 5.74) is 6.36. The van der Waals surface area contributed by atoms with Crippen LogP contribution in [0.2, 0.25) is 0 Å². The van der Waals surface area contributed by atoms with Crippen molar-refractivity contribution in [3.8, 4) is 0 Å². The molecule has 0 fully saturated rings. The molecule has 0 bridgehead atoms. The minimum Gasteiger partial charge on any atom is -0.396 e. The Balaban J connectivity index is 1.27. The predicted molar refractivity (Wildman–Crippen MR) is 165 cm³/mol. The summed E-state index contributed by atoms with van der Waals surface area (Å²) < 4.78 is 14.3. The van der Waals surface area contributed by atoms with Gasteiger partial charge in [0.1, 0.15) is 12.1 Å². The van der Waals surface area contributed by atoms with E-state index in [2.05, 4.69) is 40.2 Å². The fourth-order valence-corrected chi connectivity index (χ4v) is 5.72. The van der Waals surface area contributed by atoms with Gasteiger partial charge in [0.15, 0.2) is 0 Å². The number of fused-ring (bicyclic) bond motifs is 1. The van der Waals surface area contributed by atoms with Crippen molar-refractivity contribution in [2.75, 3.05) is 13.2 Å². The van der Waals surface area contributed by atoms with Crippen molar-refractivity contribution in [2.24, 2.45) is 27.7 Å². The van der Waals surface area contributed by atoms with E-state index in [-0.39, 0.29) is 18.3 Å². The van der Waals surface area contributed by atoms with Crippen LogP contribution in [0.25, 0.3) is 0 Å². The standard InChI is InChI=1S/C34H46FN5O/c1-25(2)30-21-36-22-31-33(39-20-28-14-8-9-16-32(28)35)17-29(40-34(30)31)15-10-13-26(23-41)11-6-4-3-5-7-12-27-18-37-24-38-19-27/h8-9,14,16-19,21,24-26,31,40-41H,3-7,10-13,15,20,22-23H2,1-2H3/t26-,31?/m0/s1. The van der Waals surface area contributed by atoms with Gasteiger partial charge in [-0.3, -0.25) is 9.98 Å². The van der Waals surface area contributed by atoms with Gasteiger partial charge in [-0.2, -0.15) is 0 Å². The van der Waals surface area contributed by atoms with E-state index in [0.29, 0.717) is 30.5 Å². The number of rotatable bonds is 16. The normalized spacial score (nSPS) is 18.4. The molecule has 7 heteroatoms. The van der Waals surface area contributed by atoms with Crippen molar-refractivity contribution in [3.05, 3.63) is 83.0 Å². The van der Waals surface area contributed by atoms with Gasteiger partial charge in [-0.05, 0) is 73.6 Å². The molecule has 0 amide bonds. The summed E-state index contributed by atoms with van der Waals surface area (Å²) in [6.45, 7) is 5.61. The molecule has 41 heavy (non-hydrogen) atoms. The number of nitrogens with one attached hydrogen (secondary N) is 1. The van der Waals surface area contributed by atoms with Crippen LogP contribution in [0.15, 0.2) is 76.0 Å². The number of hydrogen-bond acceptors (Lipinski definition) is 6. The lowest BCUT2D eigenvalue weighted by atomic mass is 9.85. The second-order valence-electron chi connectivity index (χ2n) is 11.7. The van der Waals surface area contributed by atoms with Crippen molar-refractivity contribution in [1.29, 1.82) is 0 Å². The van der Waals surface area contributed by atoms with Crippen LogP contribution in [0.5, 0.6) is 0 Å². The van der Waals surface area contributed by atoms with Gasteiger partial charge >= 0.3 is 0 Å². The summed E-state index contributed by atoms with van der Waals surface area (Å²) in [6, 6.07) is 6.86. The van der Waals surface area contributed by atoms with Gasteiger partial charge in [-0.1, -0.05) is 57.7 Å². The number of benzene rings is 1. The molecule has 2 aromatic rings. The number of halogens is 1. The monoisotopic (exact) mass is 559 g/mol. The van der Waals surface area contributed by atoms with Crippen molar-refractivity contribution in [2.45, 2.75) is 84.6 Å². The van der Waals surface area contributed by atoms with E-state index < -0.39 is 0 Å². The van der Waals surface area contributed by atoms with Crippen LogP contribution in [0.3, 0.4) is 0 Å². The highest BCUT2D eigenvalue weighted by atomic mass is 19.1. The Labute approximate surface area is 245 Å². The highest BCUT2D eigenvalue weighted by Crippen LogP contribution is 2.30. The summed E-state index contributed by atoms with van der Waals surface area (Å²) in [5, 5.41) is 13.7. The van der Waals surface area contributed by atoms with Gasteiger partial charge in [0.2, 0.25) is 0 Å². The molecule has 0 aliphatic carbocycles. The first kappa shape index (κ1) is 30.8. The summed E-state index contributed by atoms with van der Waals surface area (Å²) >= 11 is 0. The number of allylic oxidation sites excluding steroid dienone is 3. The van der Waals surface area contributed by atoms with Crippen LogP contribution in [-0.4, -0.2) is 40.2 Å². The summed E-state index contributed by atoms with van der Waals surface area (Å²) in [7, 11) is 0. The third-order valence-corrected chi connectivity index (χ3v) is 8.17. The smallest absolute Gasteiger partial charge is 0.128 e. The molecule has 2 atom stereocenters. The quantitative estimate of drug-likeness (QED) is 0.217. The Morgan fingerprint density at radius 2 is 1.76 bits per heavy atom. The third-order valence-electron chi connectivity index (χ3n) is 8.17. The molecule has 1 aromatic carbocycles. The molecule has 4 rings (SSSR count). The average Bonchev–Trinajstić information content (AvgIpc) is 2.99.